The van der Waals surface area contributed by atoms with Gasteiger partial charge in [-0.1, -0.05) is 12.1 Å². The molecule has 2 N–H and O–H groups in total. The smallest absolute Gasteiger partial charge is 0.191 e. The van der Waals surface area contributed by atoms with Crippen LogP contribution in [0.5, 0.6) is 5.75 Å². The fraction of sp³-hybridized carbons (Fsp3) is 0.0909. The third-order valence-corrected chi connectivity index (χ3v) is 4.57. The molecule has 0 saturated heterocycles. The minimum atomic E-state index is -0.662. The lowest BCUT2D eigenvalue weighted by atomic mass is 9.97. The molecule has 0 bridgehead atoms. The number of hydrogen-bond acceptors (Lipinski definition) is 4. The van der Waals surface area contributed by atoms with Crippen molar-refractivity contribution in [3.8, 4) is 5.75 Å². The van der Waals surface area contributed by atoms with E-state index in [1.807, 2.05) is 30.3 Å². The molecule has 5 nitrogen and oxygen atoms in total. The maximum Gasteiger partial charge on any atom is 0.191 e. The SMILES string of the molecule is COc1cccc(NC(C(=O)c2c[nH]c3cc(F)ccc23)c2cccnc2)c1. The van der Waals surface area contributed by atoms with Crippen LogP contribution in [0.3, 0.4) is 0 Å². The highest BCUT2D eigenvalue weighted by atomic mass is 19.1. The molecule has 4 aromatic rings. The number of halogens is 1. The van der Waals surface area contributed by atoms with Crippen molar-refractivity contribution >= 4 is 22.4 Å². The number of aromatic nitrogens is 2. The molecule has 0 aliphatic rings. The Morgan fingerprint density at radius 3 is 2.86 bits per heavy atom. The molecule has 0 spiro atoms. The summed E-state index contributed by atoms with van der Waals surface area (Å²) in [5.41, 5.74) is 2.54. The van der Waals surface area contributed by atoms with Crippen LogP contribution < -0.4 is 10.1 Å². The van der Waals surface area contributed by atoms with Crippen LogP contribution in [0.4, 0.5) is 10.1 Å². The second kappa shape index (κ2) is 7.52. The molecule has 2 aromatic carbocycles. The Kier molecular flexibility index (Phi) is 4.76. The Bertz CT molecular complexity index is 1130. The van der Waals surface area contributed by atoms with Crippen LogP contribution in [-0.4, -0.2) is 22.9 Å². The van der Waals surface area contributed by atoms with Gasteiger partial charge >= 0.3 is 0 Å². The topological polar surface area (TPSA) is 67.0 Å². The summed E-state index contributed by atoms with van der Waals surface area (Å²) >= 11 is 0. The number of benzene rings is 2. The molecule has 0 fully saturated rings. The van der Waals surface area contributed by atoms with Gasteiger partial charge in [0.15, 0.2) is 5.78 Å². The van der Waals surface area contributed by atoms with Crippen LogP contribution in [0.1, 0.15) is 22.0 Å². The first-order valence-electron chi connectivity index (χ1n) is 8.77. The van der Waals surface area contributed by atoms with E-state index < -0.39 is 6.04 Å². The average Bonchev–Trinajstić information content (AvgIpc) is 3.15. The Hall–Kier alpha value is -3.67. The van der Waals surface area contributed by atoms with Crippen LogP contribution >= 0.6 is 0 Å². The van der Waals surface area contributed by atoms with Gasteiger partial charge in [0.1, 0.15) is 17.6 Å². The molecule has 1 unspecified atom stereocenters. The molecular weight excluding hydrogens is 357 g/mol. The molecule has 6 heteroatoms. The van der Waals surface area contributed by atoms with E-state index in [4.69, 9.17) is 4.74 Å². The highest BCUT2D eigenvalue weighted by Gasteiger charge is 2.25. The van der Waals surface area contributed by atoms with Gasteiger partial charge in [-0.15, -0.1) is 0 Å². The highest BCUT2D eigenvalue weighted by molar-refractivity contribution is 6.11. The third kappa shape index (κ3) is 3.44. The molecule has 0 saturated carbocycles. The largest absolute Gasteiger partial charge is 0.497 e. The Morgan fingerprint density at radius 1 is 1.18 bits per heavy atom. The van der Waals surface area contributed by atoms with Gasteiger partial charge in [0.05, 0.1) is 7.11 Å². The number of anilines is 1. The molecular formula is C22H18FN3O2. The fourth-order valence-corrected chi connectivity index (χ4v) is 3.18. The zero-order valence-electron chi connectivity index (χ0n) is 15.1. The summed E-state index contributed by atoms with van der Waals surface area (Å²) in [6, 6.07) is 14.7. The van der Waals surface area contributed by atoms with Crippen LogP contribution in [0, 0.1) is 5.82 Å². The lowest BCUT2D eigenvalue weighted by Crippen LogP contribution is -2.21. The van der Waals surface area contributed by atoms with E-state index in [0.29, 0.717) is 22.2 Å². The third-order valence-electron chi connectivity index (χ3n) is 4.57. The molecule has 0 amide bonds. The Balaban J connectivity index is 1.75. The standard InChI is InChI=1S/C22H18FN3O2/c1-28-17-6-2-5-16(11-17)26-21(14-4-3-9-24-12-14)22(27)19-13-25-20-10-15(23)7-8-18(19)20/h2-13,21,25-26H,1H3. The van der Waals surface area contributed by atoms with Crippen molar-refractivity contribution in [1.82, 2.24) is 9.97 Å². The van der Waals surface area contributed by atoms with Crippen molar-refractivity contribution < 1.29 is 13.9 Å². The number of aromatic amines is 1. The molecule has 0 radical (unpaired) electrons. The normalized spacial score (nSPS) is 11.9. The number of nitrogens with zero attached hydrogens (tertiary/aromatic N) is 1. The summed E-state index contributed by atoms with van der Waals surface area (Å²) < 4.78 is 18.8. The number of nitrogens with one attached hydrogen (secondary N) is 2. The van der Waals surface area contributed by atoms with Crippen LogP contribution in [0.25, 0.3) is 10.9 Å². The zero-order chi connectivity index (χ0) is 19.5. The van der Waals surface area contributed by atoms with Crippen molar-refractivity contribution in [3.63, 3.8) is 0 Å². The van der Waals surface area contributed by atoms with Gasteiger partial charge in [0.25, 0.3) is 0 Å². The monoisotopic (exact) mass is 375 g/mol. The Labute approximate surface area is 161 Å². The van der Waals surface area contributed by atoms with E-state index >= 15 is 0 Å². The van der Waals surface area contributed by atoms with Crippen molar-refractivity contribution in [2.75, 3.05) is 12.4 Å². The molecule has 140 valence electrons. The van der Waals surface area contributed by atoms with Gasteiger partial charge in [-0.3, -0.25) is 9.78 Å². The number of pyridine rings is 1. The first kappa shape index (κ1) is 17.7. The first-order chi connectivity index (χ1) is 13.7. The first-order valence-corrected chi connectivity index (χ1v) is 8.77. The van der Waals surface area contributed by atoms with E-state index in [9.17, 15) is 9.18 Å². The molecule has 2 aromatic heterocycles. The number of ketones is 1. The van der Waals surface area contributed by atoms with E-state index in [-0.39, 0.29) is 11.6 Å². The number of Topliss-reactive ketones (excluding diaryl/α,β-unsaturated/α-hetero) is 1. The summed E-state index contributed by atoms with van der Waals surface area (Å²) in [6.07, 6.45) is 4.93. The van der Waals surface area contributed by atoms with Gasteiger partial charge in [-0.05, 0) is 36.4 Å². The maximum absolute atomic E-state index is 13.5. The van der Waals surface area contributed by atoms with Gasteiger partial charge in [0.2, 0.25) is 0 Å². The summed E-state index contributed by atoms with van der Waals surface area (Å²) in [5.74, 6) is 0.185. The minimum absolute atomic E-state index is 0.145. The molecule has 0 aliphatic heterocycles. The predicted molar refractivity (Wildman–Crippen MR) is 106 cm³/mol. The van der Waals surface area contributed by atoms with Crippen LogP contribution in [-0.2, 0) is 0 Å². The van der Waals surface area contributed by atoms with E-state index in [1.54, 1.807) is 37.8 Å². The van der Waals surface area contributed by atoms with Crippen molar-refractivity contribution in [1.29, 1.82) is 0 Å². The summed E-state index contributed by atoms with van der Waals surface area (Å²) in [5, 5.41) is 3.95. The van der Waals surface area contributed by atoms with E-state index in [0.717, 1.165) is 11.3 Å². The van der Waals surface area contributed by atoms with Gasteiger partial charge in [0, 0.05) is 52.4 Å². The van der Waals surface area contributed by atoms with E-state index in [2.05, 4.69) is 15.3 Å². The minimum Gasteiger partial charge on any atom is -0.497 e. The number of methoxy groups -OCH3 is 1. The van der Waals surface area contributed by atoms with Crippen molar-refractivity contribution in [3.05, 3.63) is 90.1 Å². The van der Waals surface area contributed by atoms with Crippen molar-refractivity contribution in [2.45, 2.75) is 6.04 Å². The second-order valence-corrected chi connectivity index (χ2v) is 6.35. The molecule has 4 rings (SSSR count). The van der Waals surface area contributed by atoms with Gasteiger partial charge in [-0.2, -0.15) is 0 Å². The summed E-state index contributed by atoms with van der Waals surface area (Å²) in [6.45, 7) is 0. The number of carbonyl (C=O) groups excluding carboxylic acids is 1. The van der Waals surface area contributed by atoms with Crippen LogP contribution in [0.15, 0.2) is 73.2 Å². The summed E-state index contributed by atoms with van der Waals surface area (Å²) in [7, 11) is 1.59. The number of ether oxygens (including phenoxy) is 1. The molecule has 0 aliphatic carbocycles. The quantitative estimate of drug-likeness (QED) is 0.478. The average molecular weight is 375 g/mol. The zero-order valence-corrected chi connectivity index (χ0v) is 15.1. The predicted octanol–water partition coefficient (Wildman–Crippen LogP) is 4.75. The maximum atomic E-state index is 13.5. The van der Waals surface area contributed by atoms with Gasteiger partial charge < -0.3 is 15.0 Å². The fourth-order valence-electron chi connectivity index (χ4n) is 3.18. The number of rotatable bonds is 6. The molecule has 2 heterocycles. The second-order valence-electron chi connectivity index (χ2n) is 6.35. The number of fused-ring (bicyclic) bond motifs is 1. The number of hydrogen-bond donors (Lipinski definition) is 2. The van der Waals surface area contributed by atoms with Crippen molar-refractivity contribution in [2.24, 2.45) is 0 Å². The Morgan fingerprint density at radius 2 is 2.07 bits per heavy atom. The number of carbonyl (C=O) groups is 1. The lowest BCUT2D eigenvalue weighted by Gasteiger charge is -2.19. The molecule has 28 heavy (non-hydrogen) atoms. The lowest BCUT2D eigenvalue weighted by molar-refractivity contribution is 0.0971. The number of H-pyrrole nitrogens is 1. The van der Waals surface area contributed by atoms with Gasteiger partial charge in [-0.25, -0.2) is 4.39 Å². The highest BCUT2D eigenvalue weighted by Crippen LogP contribution is 2.28. The molecule has 1 atom stereocenters. The van der Waals surface area contributed by atoms with E-state index in [1.165, 1.54) is 12.1 Å². The summed E-state index contributed by atoms with van der Waals surface area (Å²) in [4.78, 5) is 20.5. The van der Waals surface area contributed by atoms with Crippen LogP contribution in [0.2, 0.25) is 0 Å².